The van der Waals surface area contributed by atoms with E-state index < -0.39 is 0 Å². The van der Waals surface area contributed by atoms with E-state index in [9.17, 15) is 4.79 Å². The molecule has 0 aliphatic heterocycles. The molecule has 8 heteroatoms. The highest BCUT2D eigenvalue weighted by Gasteiger charge is 2.12. The van der Waals surface area contributed by atoms with Crippen molar-refractivity contribution in [3.05, 3.63) is 89.2 Å². The highest BCUT2D eigenvalue weighted by molar-refractivity contribution is 6.30. The second kappa shape index (κ2) is 13.5. The first kappa shape index (κ1) is 27.1. The van der Waals surface area contributed by atoms with Crippen LogP contribution in [0.1, 0.15) is 24.7 Å². The molecular weight excluding hydrogens is 502 g/mol. The Balaban J connectivity index is 1.31. The fraction of sp³-hybridized carbons (Fsp3) is 0.267. The number of nitrogens with zero attached hydrogens (tertiary/aromatic N) is 2. The smallest absolute Gasteiger partial charge is 0.257 e. The second-order valence-corrected chi connectivity index (χ2v) is 9.06. The first-order valence-corrected chi connectivity index (χ1v) is 13.0. The summed E-state index contributed by atoms with van der Waals surface area (Å²) in [6.07, 6.45) is 5.40. The number of imidazole rings is 1. The number of ether oxygens (including phenoxy) is 3. The van der Waals surface area contributed by atoms with Crippen LogP contribution >= 0.6 is 11.6 Å². The van der Waals surface area contributed by atoms with Gasteiger partial charge in [0.25, 0.3) is 5.91 Å². The van der Waals surface area contributed by atoms with Crippen molar-refractivity contribution < 1.29 is 19.0 Å². The number of fused-ring (bicyclic) bond motifs is 1. The number of carbonyl (C=O) groups is 1. The average Bonchev–Trinajstić information content (AvgIpc) is 3.28. The number of aryl methyl sites for hydroxylation is 1. The standard InChI is InChI=1S/C30H32ClN3O4/c1-3-7-22-10-15-27(28(20-22)36-2)37-19-6-18-34-26-9-5-4-8-25(26)33-29(34)16-17-32-30(35)21-38-24-13-11-23(31)12-14-24/h3-5,7-15,20H,6,16-19,21H2,1-2H3,(H,32,35)/b7-3+. The van der Waals surface area contributed by atoms with Gasteiger partial charge in [0.1, 0.15) is 11.6 Å². The predicted molar refractivity (Wildman–Crippen MR) is 151 cm³/mol. The van der Waals surface area contributed by atoms with Gasteiger partial charge in [-0.2, -0.15) is 0 Å². The van der Waals surface area contributed by atoms with Crippen molar-refractivity contribution in [2.24, 2.45) is 0 Å². The molecule has 7 nitrogen and oxygen atoms in total. The minimum atomic E-state index is -0.189. The summed E-state index contributed by atoms with van der Waals surface area (Å²) < 4.78 is 19.2. The van der Waals surface area contributed by atoms with Crippen molar-refractivity contribution >= 4 is 34.6 Å². The van der Waals surface area contributed by atoms with Crippen LogP contribution in [0.3, 0.4) is 0 Å². The fourth-order valence-electron chi connectivity index (χ4n) is 4.11. The minimum Gasteiger partial charge on any atom is -0.493 e. The summed E-state index contributed by atoms with van der Waals surface area (Å²) in [7, 11) is 1.65. The van der Waals surface area contributed by atoms with Crippen LogP contribution in [-0.4, -0.2) is 42.3 Å². The highest BCUT2D eigenvalue weighted by Crippen LogP contribution is 2.29. The van der Waals surface area contributed by atoms with Crippen LogP contribution in [-0.2, 0) is 17.8 Å². The van der Waals surface area contributed by atoms with Crippen LogP contribution in [0.4, 0.5) is 0 Å². The molecule has 38 heavy (non-hydrogen) atoms. The lowest BCUT2D eigenvalue weighted by molar-refractivity contribution is -0.123. The normalized spacial score (nSPS) is 11.1. The highest BCUT2D eigenvalue weighted by atomic mass is 35.5. The molecule has 4 rings (SSSR count). The number of rotatable bonds is 13. The van der Waals surface area contributed by atoms with Crippen LogP contribution in [0.25, 0.3) is 17.1 Å². The Morgan fingerprint density at radius 3 is 2.66 bits per heavy atom. The molecule has 0 atom stereocenters. The number of para-hydroxylation sites is 2. The molecule has 0 saturated heterocycles. The Hall–Kier alpha value is -3.97. The number of carbonyl (C=O) groups excluding carboxylic acids is 1. The minimum absolute atomic E-state index is 0.0610. The summed E-state index contributed by atoms with van der Waals surface area (Å²) >= 11 is 5.88. The van der Waals surface area contributed by atoms with Crippen molar-refractivity contribution in [2.75, 3.05) is 26.9 Å². The van der Waals surface area contributed by atoms with Gasteiger partial charge in [-0.25, -0.2) is 4.98 Å². The van der Waals surface area contributed by atoms with Gasteiger partial charge >= 0.3 is 0 Å². The maximum Gasteiger partial charge on any atom is 0.257 e. The number of hydrogen-bond acceptors (Lipinski definition) is 5. The number of amides is 1. The van der Waals surface area contributed by atoms with Gasteiger partial charge in [0, 0.05) is 24.5 Å². The van der Waals surface area contributed by atoms with E-state index in [1.165, 1.54) is 0 Å². The lowest BCUT2D eigenvalue weighted by Gasteiger charge is -2.13. The molecule has 0 radical (unpaired) electrons. The predicted octanol–water partition coefficient (Wildman–Crippen LogP) is 5.94. The van der Waals surface area contributed by atoms with Crippen LogP contribution in [0.5, 0.6) is 17.2 Å². The van der Waals surface area contributed by atoms with Crippen molar-refractivity contribution in [1.29, 1.82) is 0 Å². The van der Waals surface area contributed by atoms with Crippen LogP contribution in [0.15, 0.2) is 72.8 Å². The van der Waals surface area contributed by atoms with Gasteiger partial charge in [0.15, 0.2) is 18.1 Å². The third kappa shape index (κ3) is 7.29. The Bertz CT molecular complexity index is 1380. The molecule has 0 aliphatic rings. The fourth-order valence-corrected chi connectivity index (χ4v) is 4.24. The molecule has 1 heterocycles. The molecule has 4 aromatic rings. The number of aromatic nitrogens is 2. The third-order valence-electron chi connectivity index (χ3n) is 5.92. The molecule has 0 spiro atoms. The van der Waals surface area contributed by atoms with Crippen LogP contribution < -0.4 is 19.5 Å². The maximum absolute atomic E-state index is 12.3. The lowest BCUT2D eigenvalue weighted by Crippen LogP contribution is -2.31. The maximum atomic E-state index is 12.3. The van der Waals surface area contributed by atoms with E-state index in [4.69, 9.17) is 30.8 Å². The number of nitrogens with one attached hydrogen (secondary N) is 1. The van der Waals surface area contributed by atoms with Crippen molar-refractivity contribution in [1.82, 2.24) is 14.9 Å². The molecule has 0 fully saturated rings. The molecule has 1 amide bonds. The van der Waals surface area contributed by atoms with Gasteiger partial charge in [-0.05, 0) is 67.4 Å². The summed E-state index contributed by atoms with van der Waals surface area (Å²) in [5, 5.41) is 3.53. The molecule has 3 aromatic carbocycles. The quantitative estimate of drug-likeness (QED) is 0.215. The molecular formula is C30H32ClN3O4. The van der Waals surface area contributed by atoms with Gasteiger partial charge < -0.3 is 24.1 Å². The summed E-state index contributed by atoms with van der Waals surface area (Å²) in [6.45, 7) is 3.65. The Morgan fingerprint density at radius 1 is 1.05 bits per heavy atom. The monoisotopic (exact) mass is 533 g/mol. The Labute approximate surface area is 228 Å². The third-order valence-corrected chi connectivity index (χ3v) is 6.17. The first-order chi connectivity index (χ1) is 18.6. The Kier molecular flexibility index (Phi) is 9.65. The summed E-state index contributed by atoms with van der Waals surface area (Å²) in [6, 6.07) is 20.9. The number of halogens is 1. The summed E-state index contributed by atoms with van der Waals surface area (Å²) in [4.78, 5) is 17.1. The second-order valence-electron chi connectivity index (χ2n) is 8.62. The van der Waals surface area contributed by atoms with Gasteiger partial charge in [-0.15, -0.1) is 0 Å². The topological polar surface area (TPSA) is 74.6 Å². The summed E-state index contributed by atoms with van der Waals surface area (Å²) in [5.41, 5.74) is 3.06. The average molecular weight is 534 g/mol. The molecule has 198 valence electrons. The lowest BCUT2D eigenvalue weighted by atomic mass is 10.2. The van der Waals surface area contributed by atoms with E-state index in [0.717, 1.165) is 41.1 Å². The van der Waals surface area contributed by atoms with E-state index >= 15 is 0 Å². The molecule has 0 aliphatic carbocycles. The number of methoxy groups -OCH3 is 1. The van der Waals surface area contributed by atoms with Crippen molar-refractivity contribution in [2.45, 2.75) is 26.3 Å². The van der Waals surface area contributed by atoms with Crippen LogP contribution in [0, 0.1) is 0 Å². The van der Waals surface area contributed by atoms with E-state index in [-0.39, 0.29) is 12.5 Å². The molecule has 0 saturated carbocycles. The number of allylic oxidation sites excluding steroid dienone is 1. The van der Waals surface area contributed by atoms with Gasteiger partial charge in [-0.1, -0.05) is 42.0 Å². The molecule has 1 aromatic heterocycles. The largest absolute Gasteiger partial charge is 0.493 e. The SMILES string of the molecule is C/C=C/c1ccc(OCCCn2c(CCNC(=O)COc3ccc(Cl)cc3)nc3ccccc32)c(OC)c1. The molecule has 0 unspecified atom stereocenters. The zero-order valence-corrected chi connectivity index (χ0v) is 22.4. The van der Waals surface area contributed by atoms with Gasteiger partial charge in [0.2, 0.25) is 0 Å². The molecule has 1 N–H and O–H groups in total. The number of hydrogen-bond donors (Lipinski definition) is 1. The van der Waals surface area contributed by atoms with Crippen molar-refractivity contribution in [3.63, 3.8) is 0 Å². The van der Waals surface area contributed by atoms with Gasteiger partial charge in [-0.3, -0.25) is 4.79 Å². The zero-order chi connectivity index (χ0) is 26.7. The summed E-state index contributed by atoms with van der Waals surface area (Å²) in [5.74, 6) is 2.76. The van der Waals surface area contributed by atoms with Crippen molar-refractivity contribution in [3.8, 4) is 17.2 Å². The van der Waals surface area contributed by atoms with E-state index in [1.54, 1.807) is 31.4 Å². The van der Waals surface area contributed by atoms with Crippen LogP contribution in [0.2, 0.25) is 5.02 Å². The van der Waals surface area contributed by atoms with E-state index in [2.05, 4.69) is 16.0 Å². The Morgan fingerprint density at radius 2 is 1.87 bits per heavy atom. The van der Waals surface area contributed by atoms with E-state index in [0.29, 0.717) is 36.1 Å². The zero-order valence-electron chi connectivity index (χ0n) is 21.7. The first-order valence-electron chi connectivity index (χ1n) is 12.6. The van der Waals surface area contributed by atoms with E-state index in [1.807, 2.05) is 55.5 Å². The van der Waals surface area contributed by atoms with Gasteiger partial charge in [0.05, 0.1) is 24.8 Å². The number of benzene rings is 3. The molecule has 0 bridgehead atoms.